The molecule has 0 amide bonds. The summed E-state index contributed by atoms with van der Waals surface area (Å²) in [4.78, 5) is 24.9. The molecule has 1 saturated carbocycles. The Hall–Kier alpha value is -1.66. The minimum absolute atomic E-state index is 0.0299. The van der Waals surface area contributed by atoms with Crippen molar-refractivity contribution in [3.8, 4) is 0 Å². The molecule has 144 valence electrons. The van der Waals surface area contributed by atoms with Gasteiger partial charge in [0, 0.05) is 30.0 Å². The average Bonchev–Trinajstić information content (AvgIpc) is 2.60. The summed E-state index contributed by atoms with van der Waals surface area (Å²) < 4.78 is 30.1. The number of esters is 2. The number of hydrogen-bond donors (Lipinski definition) is 0. The van der Waals surface area contributed by atoms with Crippen LogP contribution in [-0.2, 0) is 30.2 Å². The third-order valence-corrected chi connectivity index (χ3v) is 4.84. The molecule has 1 aliphatic rings. The molecule has 1 aromatic carbocycles. The lowest BCUT2D eigenvalue weighted by Crippen LogP contribution is -2.48. The topological polar surface area (TPSA) is 61.8 Å². The van der Waals surface area contributed by atoms with Crippen molar-refractivity contribution in [1.82, 2.24) is 0 Å². The SMILES string of the molecule is CCOC(=O)C1(OC(=O)Cc2c(F)cccc2Cl)CCC(OCC)CC1. The first kappa shape index (κ1) is 20.6. The summed E-state index contributed by atoms with van der Waals surface area (Å²) in [7, 11) is 0. The van der Waals surface area contributed by atoms with Crippen molar-refractivity contribution < 1.29 is 28.2 Å². The van der Waals surface area contributed by atoms with Crippen LogP contribution < -0.4 is 0 Å². The van der Waals surface area contributed by atoms with Crippen LogP contribution in [0.4, 0.5) is 4.39 Å². The van der Waals surface area contributed by atoms with E-state index >= 15 is 0 Å². The standard InChI is InChI=1S/C19H24ClFO5/c1-3-24-13-8-10-19(11-9-13,18(23)25-4-2)26-17(22)12-14-15(20)6-5-7-16(14)21/h5-7,13H,3-4,8-12H2,1-2H3. The van der Waals surface area contributed by atoms with E-state index in [0.717, 1.165) is 0 Å². The lowest BCUT2D eigenvalue weighted by atomic mass is 9.83. The molecule has 0 spiro atoms. The van der Waals surface area contributed by atoms with Crippen molar-refractivity contribution in [2.24, 2.45) is 0 Å². The van der Waals surface area contributed by atoms with Gasteiger partial charge in [0.1, 0.15) is 5.82 Å². The van der Waals surface area contributed by atoms with Gasteiger partial charge in [-0.05, 0) is 38.8 Å². The van der Waals surface area contributed by atoms with Gasteiger partial charge in [-0.25, -0.2) is 9.18 Å². The van der Waals surface area contributed by atoms with Crippen LogP contribution in [0.3, 0.4) is 0 Å². The summed E-state index contributed by atoms with van der Waals surface area (Å²) in [6.45, 7) is 4.37. The molecule has 0 N–H and O–H groups in total. The summed E-state index contributed by atoms with van der Waals surface area (Å²) in [5.41, 5.74) is -1.29. The molecular weight excluding hydrogens is 363 g/mol. The second-order valence-corrected chi connectivity index (χ2v) is 6.63. The molecule has 0 bridgehead atoms. The molecule has 1 aromatic rings. The second kappa shape index (κ2) is 9.33. The zero-order chi connectivity index (χ0) is 19.2. The molecule has 0 aromatic heterocycles. The van der Waals surface area contributed by atoms with E-state index in [9.17, 15) is 14.0 Å². The molecule has 26 heavy (non-hydrogen) atoms. The van der Waals surface area contributed by atoms with Gasteiger partial charge < -0.3 is 14.2 Å². The summed E-state index contributed by atoms with van der Waals surface area (Å²) in [6.07, 6.45) is 1.48. The maximum absolute atomic E-state index is 13.9. The fourth-order valence-corrected chi connectivity index (χ4v) is 3.40. The van der Waals surface area contributed by atoms with Crippen molar-refractivity contribution in [1.29, 1.82) is 0 Å². The van der Waals surface area contributed by atoms with Gasteiger partial charge in [-0.15, -0.1) is 0 Å². The molecule has 2 rings (SSSR count). The molecule has 0 heterocycles. The van der Waals surface area contributed by atoms with E-state index in [-0.39, 0.29) is 29.7 Å². The average molecular weight is 387 g/mol. The van der Waals surface area contributed by atoms with E-state index in [1.807, 2.05) is 6.92 Å². The first-order chi connectivity index (χ1) is 12.4. The van der Waals surface area contributed by atoms with Crippen molar-refractivity contribution >= 4 is 23.5 Å². The smallest absolute Gasteiger partial charge is 0.350 e. The number of hydrogen-bond acceptors (Lipinski definition) is 5. The molecule has 5 nitrogen and oxygen atoms in total. The maximum Gasteiger partial charge on any atom is 0.350 e. The minimum atomic E-state index is -1.35. The van der Waals surface area contributed by atoms with Crippen molar-refractivity contribution in [3.63, 3.8) is 0 Å². The van der Waals surface area contributed by atoms with Gasteiger partial charge in [-0.1, -0.05) is 17.7 Å². The molecule has 1 fully saturated rings. The maximum atomic E-state index is 13.9. The highest BCUT2D eigenvalue weighted by Crippen LogP contribution is 2.35. The zero-order valence-corrected chi connectivity index (χ0v) is 15.8. The van der Waals surface area contributed by atoms with Crippen LogP contribution in [0.1, 0.15) is 45.1 Å². The van der Waals surface area contributed by atoms with Crippen LogP contribution in [-0.4, -0.2) is 36.9 Å². The fraction of sp³-hybridized carbons (Fsp3) is 0.579. The first-order valence-corrected chi connectivity index (χ1v) is 9.23. The van der Waals surface area contributed by atoms with Crippen molar-refractivity contribution in [3.05, 3.63) is 34.6 Å². The van der Waals surface area contributed by atoms with Crippen LogP contribution in [0.25, 0.3) is 0 Å². The predicted octanol–water partition coefficient (Wildman–Crippen LogP) is 3.85. The van der Waals surface area contributed by atoms with Gasteiger partial charge in [0.05, 0.1) is 19.1 Å². The normalized spacial score (nSPS) is 22.7. The number of ether oxygens (including phenoxy) is 3. The Morgan fingerprint density at radius 1 is 1.23 bits per heavy atom. The minimum Gasteiger partial charge on any atom is -0.463 e. The highest BCUT2D eigenvalue weighted by molar-refractivity contribution is 6.31. The Morgan fingerprint density at radius 2 is 1.92 bits per heavy atom. The molecule has 0 saturated heterocycles. The Kier molecular flexibility index (Phi) is 7.41. The van der Waals surface area contributed by atoms with Crippen LogP contribution in [0.15, 0.2) is 18.2 Å². The summed E-state index contributed by atoms with van der Waals surface area (Å²) in [5.74, 6) is -1.86. The van der Waals surface area contributed by atoms with E-state index < -0.39 is 23.4 Å². The summed E-state index contributed by atoms with van der Waals surface area (Å²) >= 11 is 5.96. The van der Waals surface area contributed by atoms with Gasteiger partial charge in [0.2, 0.25) is 5.60 Å². The number of benzene rings is 1. The third-order valence-electron chi connectivity index (χ3n) is 4.48. The fourth-order valence-electron chi connectivity index (χ4n) is 3.17. The van der Waals surface area contributed by atoms with Gasteiger partial charge in [-0.3, -0.25) is 4.79 Å². The Bertz CT molecular complexity index is 621. The molecular formula is C19H24ClFO5. The van der Waals surface area contributed by atoms with E-state index in [4.69, 9.17) is 25.8 Å². The summed E-state index contributed by atoms with van der Waals surface area (Å²) in [5, 5.41) is 0.146. The molecule has 1 aliphatic carbocycles. The molecule has 0 radical (unpaired) electrons. The zero-order valence-electron chi connectivity index (χ0n) is 15.1. The lowest BCUT2D eigenvalue weighted by Gasteiger charge is -2.37. The quantitative estimate of drug-likeness (QED) is 0.666. The van der Waals surface area contributed by atoms with E-state index in [1.54, 1.807) is 6.92 Å². The van der Waals surface area contributed by atoms with Crippen molar-refractivity contribution in [2.45, 2.75) is 57.7 Å². The number of carbonyl (C=O) groups excluding carboxylic acids is 2. The van der Waals surface area contributed by atoms with Crippen LogP contribution in [0.5, 0.6) is 0 Å². The van der Waals surface area contributed by atoms with Crippen molar-refractivity contribution in [2.75, 3.05) is 13.2 Å². The Morgan fingerprint density at radius 3 is 2.50 bits per heavy atom. The third kappa shape index (κ3) is 4.95. The first-order valence-electron chi connectivity index (χ1n) is 8.85. The predicted molar refractivity (Wildman–Crippen MR) is 94.5 cm³/mol. The largest absolute Gasteiger partial charge is 0.463 e. The van der Waals surface area contributed by atoms with E-state index in [2.05, 4.69) is 0 Å². The number of rotatable bonds is 7. The molecule has 7 heteroatoms. The van der Waals surface area contributed by atoms with Gasteiger partial charge in [-0.2, -0.15) is 0 Å². The molecule has 0 atom stereocenters. The number of halogens is 2. The lowest BCUT2D eigenvalue weighted by molar-refractivity contribution is -0.189. The van der Waals surface area contributed by atoms with Gasteiger partial charge in [0.15, 0.2) is 0 Å². The molecule has 0 unspecified atom stereocenters. The monoisotopic (exact) mass is 386 g/mol. The number of carbonyl (C=O) groups is 2. The van der Waals surface area contributed by atoms with E-state index in [1.165, 1.54) is 18.2 Å². The summed E-state index contributed by atoms with van der Waals surface area (Å²) in [6, 6.07) is 4.19. The van der Waals surface area contributed by atoms with Crippen LogP contribution >= 0.6 is 11.6 Å². The Labute approximate surface area is 157 Å². The molecule has 0 aliphatic heterocycles. The van der Waals surface area contributed by atoms with Crippen LogP contribution in [0, 0.1) is 5.82 Å². The van der Waals surface area contributed by atoms with Gasteiger partial charge in [0.25, 0.3) is 0 Å². The van der Waals surface area contributed by atoms with E-state index in [0.29, 0.717) is 32.3 Å². The van der Waals surface area contributed by atoms with Crippen LogP contribution in [0.2, 0.25) is 5.02 Å². The highest BCUT2D eigenvalue weighted by Gasteiger charge is 2.47. The highest BCUT2D eigenvalue weighted by atomic mass is 35.5. The van der Waals surface area contributed by atoms with Gasteiger partial charge >= 0.3 is 11.9 Å². The Balaban J connectivity index is 2.11. The second-order valence-electron chi connectivity index (χ2n) is 6.22.